The molecule has 0 saturated carbocycles. The first-order valence-electron chi connectivity index (χ1n) is 4.82. The number of hydrogen-bond acceptors (Lipinski definition) is 3. The SMILES string of the molecule is C=C1CC(OC(=O)c2ccccc2)CO1. The van der Waals surface area contributed by atoms with Gasteiger partial charge in [-0.05, 0) is 12.1 Å². The largest absolute Gasteiger partial charge is 0.495 e. The molecule has 15 heavy (non-hydrogen) atoms. The van der Waals surface area contributed by atoms with Crippen molar-refractivity contribution in [1.82, 2.24) is 0 Å². The second kappa shape index (κ2) is 4.17. The Hall–Kier alpha value is -1.77. The molecule has 78 valence electrons. The number of rotatable bonds is 2. The highest BCUT2D eigenvalue weighted by Crippen LogP contribution is 2.18. The van der Waals surface area contributed by atoms with Gasteiger partial charge in [-0.1, -0.05) is 24.8 Å². The first kappa shape index (κ1) is 9.77. The summed E-state index contributed by atoms with van der Waals surface area (Å²) in [6.07, 6.45) is 0.406. The Morgan fingerprint density at radius 2 is 2.13 bits per heavy atom. The fourth-order valence-corrected chi connectivity index (χ4v) is 1.45. The highest BCUT2D eigenvalue weighted by atomic mass is 16.6. The van der Waals surface area contributed by atoms with Crippen LogP contribution in [0.4, 0.5) is 0 Å². The number of carbonyl (C=O) groups is 1. The first-order valence-corrected chi connectivity index (χ1v) is 4.82. The molecule has 0 amide bonds. The van der Waals surface area contributed by atoms with Crippen LogP contribution in [-0.4, -0.2) is 18.7 Å². The van der Waals surface area contributed by atoms with E-state index in [0.717, 1.165) is 0 Å². The van der Waals surface area contributed by atoms with Crippen LogP contribution >= 0.6 is 0 Å². The average molecular weight is 204 g/mol. The van der Waals surface area contributed by atoms with Gasteiger partial charge in [-0.15, -0.1) is 0 Å². The molecule has 1 fully saturated rings. The zero-order valence-electron chi connectivity index (χ0n) is 8.31. The van der Waals surface area contributed by atoms with Crippen LogP contribution in [0.3, 0.4) is 0 Å². The maximum atomic E-state index is 11.6. The summed E-state index contributed by atoms with van der Waals surface area (Å²) in [7, 11) is 0. The van der Waals surface area contributed by atoms with Crippen molar-refractivity contribution in [2.45, 2.75) is 12.5 Å². The fourth-order valence-electron chi connectivity index (χ4n) is 1.45. The lowest BCUT2D eigenvalue weighted by molar-refractivity contribution is 0.0276. The van der Waals surface area contributed by atoms with Gasteiger partial charge in [0, 0.05) is 6.42 Å². The number of esters is 1. The molecule has 2 rings (SSSR count). The van der Waals surface area contributed by atoms with Crippen molar-refractivity contribution in [2.75, 3.05) is 6.61 Å². The van der Waals surface area contributed by atoms with E-state index in [4.69, 9.17) is 9.47 Å². The summed E-state index contributed by atoms with van der Waals surface area (Å²) in [5, 5.41) is 0. The van der Waals surface area contributed by atoms with E-state index in [1.165, 1.54) is 0 Å². The van der Waals surface area contributed by atoms with Crippen LogP contribution in [0.5, 0.6) is 0 Å². The molecule has 1 aromatic carbocycles. The molecule has 0 aliphatic carbocycles. The van der Waals surface area contributed by atoms with Crippen molar-refractivity contribution in [3.8, 4) is 0 Å². The van der Waals surface area contributed by atoms with Gasteiger partial charge in [-0.25, -0.2) is 4.79 Å². The molecule has 0 bridgehead atoms. The van der Waals surface area contributed by atoms with E-state index in [1.807, 2.05) is 6.07 Å². The Labute approximate surface area is 88.3 Å². The summed E-state index contributed by atoms with van der Waals surface area (Å²) in [5.41, 5.74) is 0.565. The van der Waals surface area contributed by atoms with Gasteiger partial charge in [-0.2, -0.15) is 0 Å². The third kappa shape index (κ3) is 2.37. The van der Waals surface area contributed by atoms with E-state index >= 15 is 0 Å². The summed E-state index contributed by atoms with van der Waals surface area (Å²) >= 11 is 0. The van der Waals surface area contributed by atoms with E-state index < -0.39 is 0 Å². The molecule has 0 radical (unpaired) electrons. The van der Waals surface area contributed by atoms with E-state index in [9.17, 15) is 4.79 Å². The van der Waals surface area contributed by atoms with Crippen molar-refractivity contribution >= 4 is 5.97 Å². The summed E-state index contributed by atoms with van der Waals surface area (Å²) < 4.78 is 10.4. The minimum absolute atomic E-state index is 0.190. The van der Waals surface area contributed by atoms with Gasteiger partial charge in [0.25, 0.3) is 0 Å². The van der Waals surface area contributed by atoms with Gasteiger partial charge < -0.3 is 9.47 Å². The molecule has 0 spiro atoms. The summed E-state index contributed by atoms with van der Waals surface area (Å²) in [6, 6.07) is 8.93. The monoisotopic (exact) mass is 204 g/mol. The lowest BCUT2D eigenvalue weighted by Gasteiger charge is -2.08. The minimum atomic E-state index is -0.307. The smallest absolute Gasteiger partial charge is 0.338 e. The van der Waals surface area contributed by atoms with Crippen LogP contribution < -0.4 is 0 Å². The summed E-state index contributed by atoms with van der Waals surface area (Å²) in [4.78, 5) is 11.6. The Morgan fingerprint density at radius 3 is 2.73 bits per heavy atom. The molecule has 1 heterocycles. The van der Waals surface area contributed by atoms with Crippen molar-refractivity contribution in [2.24, 2.45) is 0 Å². The zero-order valence-corrected chi connectivity index (χ0v) is 8.31. The van der Waals surface area contributed by atoms with Crippen molar-refractivity contribution in [1.29, 1.82) is 0 Å². The molecule has 3 nitrogen and oxygen atoms in total. The number of ether oxygens (including phenoxy) is 2. The predicted octanol–water partition coefficient (Wildman–Crippen LogP) is 2.15. The van der Waals surface area contributed by atoms with Crippen LogP contribution in [-0.2, 0) is 9.47 Å². The van der Waals surface area contributed by atoms with Gasteiger partial charge in [0.15, 0.2) is 0 Å². The van der Waals surface area contributed by atoms with E-state index in [2.05, 4.69) is 6.58 Å². The number of hydrogen-bond donors (Lipinski definition) is 0. The Kier molecular flexibility index (Phi) is 2.72. The second-order valence-electron chi connectivity index (χ2n) is 3.45. The topological polar surface area (TPSA) is 35.5 Å². The van der Waals surface area contributed by atoms with Crippen molar-refractivity contribution < 1.29 is 14.3 Å². The molecule has 1 aromatic rings. The molecule has 1 aliphatic rings. The lowest BCUT2D eigenvalue weighted by atomic mass is 10.2. The van der Waals surface area contributed by atoms with Gasteiger partial charge >= 0.3 is 5.97 Å². The van der Waals surface area contributed by atoms with E-state index in [0.29, 0.717) is 24.4 Å². The van der Waals surface area contributed by atoms with Crippen LogP contribution in [0.15, 0.2) is 42.7 Å². The molecule has 1 atom stereocenters. The third-order valence-corrected chi connectivity index (χ3v) is 2.21. The number of carbonyl (C=O) groups excluding carboxylic acids is 1. The van der Waals surface area contributed by atoms with Crippen LogP contribution in [0.1, 0.15) is 16.8 Å². The molecular formula is C12H12O3. The molecule has 1 aliphatic heterocycles. The Morgan fingerprint density at radius 1 is 1.40 bits per heavy atom. The molecule has 0 N–H and O–H groups in total. The van der Waals surface area contributed by atoms with Crippen LogP contribution in [0.25, 0.3) is 0 Å². The normalized spacial score (nSPS) is 19.7. The molecule has 0 aromatic heterocycles. The lowest BCUT2D eigenvalue weighted by Crippen LogP contribution is -2.17. The fraction of sp³-hybridized carbons (Fsp3) is 0.250. The van der Waals surface area contributed by atoms with E-state index in [-0.39, 0.29) is 12.1 Å². The van der Waals surface area contributed by atoms with Gasteiger partial charge in [0.05, 0.1) is 11.3 Å². The highest BCUT2D eigenvalue weighted by Gasteiger charge is 2.23. The van der Waals surface area contributed by atoms with Gasteiger partial charge in [0.2, 0.25) is 0 Å². The maximum Gasteiger partial charge on any atom is 0.338 e. The first-order chi connectivity index (χ1) is 7.25. The van der Waals surface area contributed by atoms with E-state index in [1.54, 1.807) is 24.3 Å². The van der Waals surface area contributed by atoms with Crippen LogP contribution in [0, 0.1) is 0 Å². The zero-order chi connectivity index (χ0) is 10.7. The molecule has 3 heteroatoms. The minimum Gasteiger partial charge on any atom is -0.495 e. The third-order valence-electron chi connectivity index (χ3n) is 2.21. The average Bonchev–Trinajstić information content (AvgIpc) is 2.65. The van der Waals surface area contributed by atoms with Gasteiger partial charge in [-0.3, -0.25) is 0 Å². The Bertz CT molecular complexity index is 370. The summed E-state index contributed by atoms with van der Waals surface area (Å²) in [6.45, 7) is 4.09. The standard InChI is InChI=1S/C12H12O3/c1-9-7-11(8-14-9)15-12(13)10-5-3-2-4-6-10/h2-6,11H,1,7-8H2. The Balaban J connectivity index is 1.96. The van der Waals surface area contributed by atoms with Crippen LogP contribution in [0.2, 0.25) is 0 Å². The highest BCUT2D eigenvalue weighted by molar-refractivity contribution is 5.89. The quantitative estimate of drug-likeness (QED) is 0.692. The molecular weight excluding hydrogens is 192 g/mol. The van der Waals surface area contributed by atoms with Crippen molar-refractivity contribution in [3.05, 3.63) is 48.2 Å². The molecule has 1 saturated heterocycles. The molecule has 1 unspecified atom stereocenters. The predicted molar refractivity (Wildman–Crippen MR) is 55.4 cm³/mol. The summed E-state index contributed by atoms with van der Waals surface area (Å²) in [5.74, 6) is 0.375. The number of benzene rings is 1. The van der Waals surface area contributed by atoms with Crippen molar-refractivity contribution in [3.63, 3.8) is 0 Å². The van der Waals surface area contributed by atoms with Gasteiger partial charge in [0.1, 0.15) is 12.7 Å². The maximum absolute atomic E-state index is 11.6. The second-order valence-corrected chi connectivity index (χ2v) is 3.45.